The molecule has 0 aromatic carbocycles. The van der Waals surface area contributed by atoms with E-state index >= 15 is 0 Å². The molecule has 9 heavy (non-hydrogen) atoms. The molecule has 1 rings (SSSR count). The lowest BCUT2D eigenvalue weighted by Gasteiger charge is -1.95. The molecule has 0 radical (unpaired) electrons. The fourth-order valence-corrected chi connectivity index (χ4v) is 1.39. The Labute approximate surface area is 55.2 Å². The van der Waals surface area contributed by atoms with Crippen LogP contribution in [0.2, 0.25) is 0 Å². The normalized spacial score (nSPS) is 21.3. The Morgan fingerprint density at radius 1 is 1.56 bits per heavy atom. The van der Waals surface area contributed by atoms with Crippen molar-refractivity contribution in [3.8, 4) is 6.07 Å². The molecule has 0 amide bonds. The Morgan fingerprint density at radius 3 is 2.22 bits per heavy atom. The molecule has 0 saturated heterocycles. The molecule has 1 aliphatic carbocycles. The predicted molar refractivity (Wildman–Crippen MR) is 32.5 cm³/mol. The van der Waals surface area contributed by atoms with Crippen molar-refractivity contribution < 1.29 is 8.42 Å². The van der Waals surface area contributed by atoms with Crippen molar-refractivity contribution in [2.75, 3.05) is 0 Å². The zero-order valence-electron chi connectivity index (χ0n) is 4.83. The molecule has 0 spiro atoms. The van der Waals surface area contributed by atoms with Gasteiger partial charge in [0.2, 0.25) is 0 Å². The molecule has 0 N–H and O–H groups in total. The van der Waals surface area contributed by atoms with E-state index in [4.69, 9.17) is 5.26 Å². The van der Waals surface area contributed by atoms with E-state index in [1.807, 2.05) is 6.07 Å². The van der Waals surface area contributed by atoms with Gasteiger partial charge in [-0.2, -0.15) is 5.26 Å². The third kappa shape index (κ3) is 1.06. The Balaban J connectivity index is 2.66. The highest BCUT2D eigenvalue weighted by molar-refractivity contribution is 7.74. The molecule has 0 atom stereocenters. The van der Waals surface area contributed by atoms with Gasteiger partial charge in [0, 0.05) is 0 Å². The van der Waals surface area contributed by atoms with Gasteiger partial charge in [-0.05, 0) is 12.8 Å². The van der Waals surface area contributed by atoms with E-state index in [2.05, 4.69) is 0 Å². The van der Waals surface area contributed by atoms with E-state index in [1.165, 1.54) is 0 Å². The summed E-state index contributed by atoms with van der Waals surface area (Å²) in [6.07, 6.45) is 1.53. The van der Waals surface area contributed by atoms with Gasteiger partial charge in [0.25, 0.3) is 0 Å². The van der Waals surface area contributed by atoms with E-state index in [0.717, 1.165) is 0 Å². The lowest BCUT2D eigenvalue weighted by atomic mass is 10.3. The lowest BCUT2D eigenvalue weighted by molar-refractivity contribution is 0.598. The van der Waals surface area contributed by atoms with Crippen LogP contribution in [0.5, 0.6) is 0 Å². The van der Waals surface area contributed by atoms with E-state index in [1.54, 1.807) is 0 Å². The van der Waals surface area contributed by atoms with Crippen molar-refractivity contribution in [1.29, 1.82) is 5.26 Å². The van der Waals surface area contributed by atoms with Crippen LogP contribution in [0.3, 0.4) is 0 Å². The van der Waals surface area contributed by atoms with Crippen LogP contribution in [0.4, 0.5) is 0 Å². The smallest absolute Gasteiger partial charge is 0.146 e. The lowest BCUT2D eigenvalue weighted by Crippen LogP contribution is -2.08. The highest BCUT2D eigenvalue weighted by Crippen LogP contribution is 2.41. The minimum atomic E-state index is -2.36. The molecule has 0 bridgehead atoms. The molecular weight excluding hydrogens is 138 g/mol. The van der Waals surface area contributed by atoms with Gasteiger partial charge < -0.3 is 0 Å². The van der Waals surface area contributed by atoms with Crippen LogP contribution in [-0.2, 0) is 10.7 Å². The van der Waals surface area contributed by atoms with E-state index in [0.29, 0.717) is 12.8 Å². The van der Waals surface area contributed by atoms with Gasteiger partial charge in [0.05, 0.1) is 17.2 Å². The maximum atomic E-state index is 10.4. The highest BCUT2D eigenvalue weighted by atomic mass is 32.2. The summed E-state index contributed by atoms with van der Waals surface area (Å²) in [7, 11) is -2.36. The van der Waals surface area contributed by atoms with Crippen LogP contribution in [0.25, 0.3) is 0 Å². The predicted octanol–water partition coefficient (Wildman–Crippen LogP) is 0.0441. The summed E-state index contributed by atoms with van der Waals surface area (Å²) in [4.78, 5) is 0. The molecule has 0 aromatic rings. The first-order chi connectivity index (χ1) is 4.21. The average molecular weight is 145 g/mol. The molecular formula is C5H7NO2S. The Bertz CT molecular complexity index is 214. The fraction of sp³-hybridized carbons (Fsp3) is 0.800. The van der Waals surface area contributed by atoms with Gasteiger partial charge in [0.1, 0.15) is 10.7 Å². The Morgan fingerprint density at radius 2 is 2.11 bits per heavy atom. The summed E-state index contributed by atoms with van der Waals surface area (Å²) in [5.74, 6) is 0. The van der Waals surface area contributed by atoms with Crippen LogP contribution in [-0.4, -0.2) is 13.2 Å². The standard InChI is InChI=1S/C5H7NO2S/c6-4-3-5(1-2-5)9(7)8/h9H,1-3H2. The first-order valence-electron chi connectivity index (χ1n) is 2.73. The van der Waals surface area contributed by atoms with Crippen LogP contribution in [0.15, 0.2) is 0 Å². The third-order valence-corrected chi connectivity index (χ3v) is 3.00. The number of nitriles is 1. The summed E-state index contributed by atoms with van der Waals surface area (Å²) in [5, 5.41) is 8.17. The second kappa shape index (κ2) is 1.99. The monoisotopic (exact) mass is 145 g/mol. The summed E-state index contributed by atoms with van der Waals surface area (Å²) in [5.41, 5.74) is 0. The van der Waals surface area contributed by atoms with E-state index < -0.39 is 15.5 Å². The number of nitrogens with zero attached hydrogens (tertiary/aromatic N) is 1. The minimum absolute atomic E-state index is 0.172. The molecule has 1 saturated carbocycles. The van der Waals surface area contributed by atoms with Gasteiger partial charge in [-0.15, -0.1) is 0 Å². The SMILES string of the molecule is N#CCC1([SH](=O)=O)CC1. The molecule has 1 aliphatic rings. The molecule has 1 fully saturated rings. The summed E-state index contributed by atoms with van der Waals surface area (Å²) in [6.45, 7) is 0. The van der Waals surface area contributed by atoms with Crippen LogP contribution in [0, 0.1) is 11.3 Å². The average Bonchev–Trinajstić information content (AvgIpc) is 2.49. The minimum Gasteiger partial charge on any atom is -0.231 e. The molecule has 4 heteroatoms. The summed E-state index contributed by atoms with van der Waals surface area (Å²) in [6, 6.07) is 1.87. The first-order valence-corrected chi connectivity index (χ1v) is 3.90. The number of thiol groups is 1. The van der Waals surface area contributed by atoms with Crippen LogP contribution in [0.1, 0.15) is 19.3 Å². The van der Waals surface area contributed by atoms with Gasteiger partial charge >= 0.3 is 0 Å². The first kappa shape index (κ1) is 6.56. The van der Waals surface area contributed by atoms with Gasteiger partial charge in [-0.25, -0.2) is 8.42 Å². The maximum absolute atomic E-state index is 10.4. The van der Waals surface area contributed by atoms with Crippen LogP contribution < -0.4 is 0 Å². The molecule has 0 aromatic heterocycles. The maximum Gasteiger partial charge on any atom is 0.146 e. The molecule has 50 valence electrons. The highest BCUT2D eigenvalue weighted by Gasteiger charge is 2.46. The largest absolute Gasteiger partial charge is 0.231 e. The van der Waals surface area contributed by atoms with Crippen molar-refractivity contribution in [2.45, 2.75) is 24.0 Å². The van der Waals surface area contributed by atoms with E-state index in [-0.39, 0.29) is 6.42 Å². The molecule has 0 aliphatic heterocycles. The number of hydrogen-bond acceptors (Lipinski definition) is 3. The molecule has 0 heterocycles. The molecule has 3 nitrogen and oxygen atoms in total. The van der Waals surface area contributed by atoms with Crippen molar-refractivity contribution in [3.05, 3.63) is 0 Å². The van der Waals surface area contributed by atoms with Gasteiger partial charge in [-0.3, -0.25) is 0 Å². The Hall–Kier alpha value is -0.560. The molecule has 0 unspecified atom stereocenters. The third-order valence-electron chi connectivity index (χ3n) is 1.62. The zero-order valence-corrected chi connectivity index (χ0v) is 5.73. The summed E-state index contributed by atoms with van der Waals surface area (Å²) >= 11 is 0. The summed E-state index contributed by atoms with van der Waals surface area (Å²) < 4.78 is 20.1. The van der Waals surface area contributed by atoms with Crippen molar-refractivity contribution in [1.82, 2.24) is 0 Å². The Kier molecular flexibility index (Phi) is 1.45. The fourth-order valence-electron chi connectivity index (χ4n) is 0.715. The van der Waals surface area contributed by atoms with E-state index in [9.17, 15) is 8.42 Å². The van der Waals surface area contributed by atoms with Crippen molar-refractivity contribution in [3.63, 3.8) is 0 Å². The van der Waals surface area contributed by atoms with Gasteiger partial charge in [0.15, 0.2) is 0 Å². The number of rotatable bonds is 2. The number of hydrogen-bond donors (Lipinski definition) is 1. The second-order valence-electron chi connectivity index (χ2n) is 2.32. The zero-order chi connectivity index (χ0) is 6.91. The second-order valence-corrected chi connectivity index (χ2v) is 3.78. The van der Waals surface area contributed by atoms with Crippen LogP contribution >= 0.6 is 0 Å². The van der Waals surface area contributed by atoms with Crippen molar-refractivity contribution in [2.24, 2.45) is 0 Å². The quantitative estimate of drug-likeness (QED) is 0.558. The van der Waals surface area contributed by atoms with Gasteiger partial charge in [-0.1, -0.05) is 0 Å². The van der Waals surface area contributed by atoms with Crippen molar-refractivity contribution >= 4 is 10.7 Å². The topological polar surface area (TPSA) is 57.9 Å².